The standard InChI is InChI=1S/C26H18Cl2F3N5S/c27-19-2-1-3-20(28)18(19)14-22-36-23-24(33-17-7-5-16(6-8-17)26(29,30)31)34-21(35-25(23)37-22)9-4-15-10-12-32-13-11-15/h1-3,5-8,10-13H,4,9,14H2,(H,33,34,35). The number of hydrogen-bond acceptors (Lipinski definition) is 6. The van der Waals surface area contributed by atoms with Gasteiger partial charge in [0.2, 0.25) is 0 Å². The second kappa shape index (κ2) is 10.6. The van der Waals surface area contributed by atoms with Crippen molar-refractivity contribution in [1.29, 1.82) is 0 Å². The second-order valence-corrected chi connectivity index (χ2v) is 10.1. The lowest BCUT2D eigenvalue weighted by molar-refractivity contribution is -0.137. The van der Waals surface area contributed by atoms with Gasteiger partial charge in [-0.1, -0.05) is 40.6 Å². The summed E-state index contributed by atoms with van der Waals surface area (Å²) in [6.45, 7) is 0. The maximum absolute atomic E-state index is 13.0. The van der Waals surface area contributed by atoms with E-state index in [0.717, 1.165) is 28.3 Å². The highest BCUT2D eigenvalue weighted by molar-refractivity contribution is 7.18. The molecule has 0 bridgehead atoms. The van der Waals surface area contributed by atoms with Crippen LogP contribution in [0.15, 0.2) is 67.0 Å². The van der Waals surface area contributed by atoms with E-state index in [2.05, 4.69) is 15.3 Å². The molecular weight excluding hydrogens is 542 g/mol. The van der Waals surface area contributed by atoms with E-state index in [1.54, 1.807) is 30.6 Å². The van der Waals surface area contributed by atoms with Crippen LogP contribution in [-0.2, 0) is 25.4 Å². The first kappa shape index (κ1) is 25.4. The van der Waals surface area contributed by atoms with Crippen molar-refractivity contribution in [3.05, 3.63) is 105 Å². The quantitative estimate of drug-likeness (QED) is 0.219. The van der Waals surface area contributed by atoms with Gasteiger partial charge in [0.25, 0.3) is 0 Å². The Morgan fingerprint density at radius 3 is 2.22 bits per heavy atom. The predicted molar refractivity (Wildman–Crippen MR) is 141 cm³/mol. The number of anilines is 2. The molecule has 0 aliphatic carbocycles. The van der Waals surface area contributed by atoms with Crippen molar-refractivity contribution in [3.63, 3.8) is 0 Å². The van der Waals surface area contributed by atoms with Gasteiger partial charge in [-0.25, -0.2) is 15.0 Å². The number of alkyl halides is 3. The molecule has 2 aromatic carbocycles. The summed E-state index contributed by atoms with van der Waals surface area (Å²) in [5.41, 5.74) is 2.10. The highest BCUT2D eigenvalue weighted by Gasteiger charge is 2.30. The molecule has 188 valence electrons. The smallest absolute Gasteiger partial charge is 0.338 e. The van der Waals surface area contributed by atoms with Crippen LogP contribution in [0, 0.1) is 0 Å². The number of aromatic nitrogens is 4. The van der Waals surface area contributed by atoms with Crippen LogP contribution in [-0.4, -0.2) is 19.9 Å². The Balaban J connectivity index is 1.49. The Kier molecular flexibility index (Phi) is 7.28. The van der Waals surface area contributed by atoms with Crippen LogP contribution in [0.2, 0.25) is 10.0 Å². The molecule has 11 heteroatoms. The Morgan fingerprint density at radius 2 is 1.54 bits per heavy atom. The fraction of sp³-hybridized carbons (Fsp3) is 0.154. The maximum Gasteiger partial charge on any atom is 0.416 e. The lowest BCUT2D eigenvalue weighted by Gasteiger charge is -2.10. The second-order valence-electron chi connectivity index (χ2n) is 8.18. The first-order chi connectivity index (χ1) is 17.8. The van der Waals surface area contributed by atoms with E-state index in [1.165, 1.54) is 23.5 Å². The summed E-state index contributed by atoms with van der Waals surface area (Å²) in [4.78, 5) is 18.8. The van der Waals surface area contributed by atoms with Crippen LogP contribution in [0.3, 0.4) is 0 Å². The molecule has 0 amide bonds. The third-order valence-electron chi connectivity index (χ3n) is 5.60. The monoisotopic (exact) mass is 559 g/mol. The molecule has 0 unspecified atom stereocenters. The lowest BCUT2D eigenvalue weighted by atomic mass is 10.1. The van der Waals surface area contributed by atoms with Crippen LogP contribution in [0.1, 0.15) is 27.5 Å². The zero-order valence-electron chi connectivity index (χ0n) is 19.1. The van der Waals surface area contributed by atoms with E-state index in [9.17, 15) is 13.2 Å². The van der Waals surface area contributed by atoms with Gasteiger partial charge in [-0.2, -0.15) is 13.2 Å². The summed E-state index contributed by atoms with van der Waals surface area (Å²) >= 11 is 14.1. The van der Waals surface area contributed by atoms with Crippen LogP contribution in [0.5, 0.6) is 0 Å². The zero-order chi connectivity index (χ0) is 26.0. The van der Waals surface area contributed by atoms with Crippen LogP contribution >= 0.6 is 34.5 Å². The highest BCUT2D eigenvalue weighted by Crippen LogP contribution is 2.34. The van der Waals surface area contributed by atoms with Crippen molar-refractivity contribution in [2.75, 3.05) is 5.32 Å². The first-order valence-electron chi connectivity index (χ1n) is 11.2. The van der Waals surface area contributed by atoms with Crippen LogP contribution < -0.4 is 5.32 Å². The Morgan fingerprint density at radius 1 is 0.838 bits per heavy atom. The number of nitrogens with zero attached hydrogens (tertiary/aromatic N) is 4. The summed E-state index contributed by atoms with van der Waals surface area (Å²) in [6.07, 6.45) is 0.717. The Hall–Kier alpha value is -3.27. The molecule has 0 saturated carbocycles. The molecule has 37 heavy (non-hydrogen) atoms. The number of fused-ring (bicyclic) bond motifs is 1. The molecule has 0 radical (unpaired) electrons. The molecule has 0 aliphatic heterocycles. The summed E-state index contributed by atoms with van der Waals surface area (Å²) in [5.74, 6) is 1.01. The van der Waals surface area contributed by atoms with Crippen molar-refractivity contribution in [2.24, 2.45) is 0 Å². The minimum atomic E-state index is -4.41. The molecule has 3 aromatic heterocycles. The summed E-state index contributed by atoms with van der Waals surface area (Å²) in [5, 5.41) is 4.95. The molecule has 3 heterocycles. The molecule has 5 rings (SSSR count). The zero-order valence-corrected chi connectivity index (χ0v) is 21.4. The number of thiazole rings is 1. The molecule has 0 spiro atoms. The van der Waals surface area contributed by atoms with Gasteiger partial charge < -0.3 is 5.32 Å². The Bertz CT molecular complexity index is 1520. The van der Waals surface area contributed by atoms with Gasteiger partial charge in [-0.15, -0.1) is 0 Å². The highest BCUT2D eigenvalue weighted by atomic mass is 35.5. The Labute approximate surface area is 224 Å². The van der Waals surface area contributed by atoms with Gasteiger partial charge >= 0.3 is 6.18 Å². The third kappa shape index (κ3) is 6.01. The number of aryl methyl sites for hydroxylation is 2. The summed E-state index contributed by atoms with van der Waals surface area (Å²) < 4.78 is 39.0. The van der Waals surface area contributed by atoms with Crippen molar-refractivity contribution in [1.82, 2.24) is 19.9 Å². The fourth-order valence-electron chi connectivity index (χ4n) is 3.72. The minimum absolute atomic E-state index is 0.408. The molecule has 5 aromatic rings. The van der Waals surface area contributed by atoms with Crippen molar-refractivity contribution >= 4 is 56.4 Å². The summed E-state index contributed by atoms with van der Waals surface area (Å²) in [6, 6.07) is 14.0. The topological polar surface area (TPSA) is 63.6 Å². The van der Waals surface area contributed by atoms with Crippen LogP contribution in [0.25, 0.3) is 10.3 Å². The molecule has 0 fully saturated rings. The van der Waals surface area contributed by atoms with E-state index >= 15 is 0 Å². The number of nitrogens with one attached hydrogen (secondary N) is 1. The van der Waals surface area contributed by atoms with Crippen molar-refractivity contribution < 1.29 is 13.2 Å². The van der Waals surface area contributed by atoms with E-state index in [1.807, 2.05) is 12.1 Å². The van der Waals surface area contributed by atoms with Gasteiger partial charge in [0.15, 0.2) is 5.82 Å². The largest absolute Gasteiger partial charge is 0.416 e. The maximum atomic E-state index is 13.0. The number of rotatable bonds is 7. The average Bonchev–Trinajstić information content (AvgIpc) is 3.28. The van der Waals surface area contributed by atoms with E-state index < -0.39 is 11.7 Å². The number of halogens is 5. The first-order valence-corrected chi connectivity index (χ1v) is 12.8. The number of benzene rings is 2. The fourth-order valence-corrected chi connectivity index (χ4v) is 5.22. The third-order valence-corrected chi connectivity index (χ3v) is 7.26. The van der Waals surface area contributed by atoms with Crippen molar-refractivity contribution in [2.45, 2.75) is 25.4 Å². The normalized spacial score (nSPS) is 11.7. The molecule has 5 nitrogen and oxygen atoms in total. The average molecular weight is 560 g/mol. The van der Waals surface area contributed by atoms with E-state index in [0.29, 0.717) is 57.0 Å². The SMILES string of the molecule is FC(F)(F)c1ccc(Nc2nc(CCc3ccncc3)nc3sc(Cc4c(Cl)cccc4Cl)nc23)cc1. The molecule has 0 atom stereocenters. The van der Waals surface area contributed by atoms with Crippen molar-refractivity contribution in [3.8, 4) is 0 Å². The lowest BCUT2D eigenvalue weighted by Crippen LogP contribution is -2.05. The molecule has 1 N–H and O–H groups in total. The van der Waals surface area contributed by atoms with Gasteiger partial charge in [0.1, 0.15) is 21.2 Å². The van der Waals surface area contributed by atoms with Gasteiger partial charge in [0.05, 0.1) is 5.56 Å². The molecule has 0 aliphatic rings. The van der Waals surface area contributed by atoms with Gasteiger partial charge in [-0.05, 0) is 66.1 Å². The minimum Gasteiger partial charge on any atom is -0.338 e. The molecule has 0 saturated heterocycles. The number of pyridine rings is 1. The van der Waals surface area contributed by atoms with E-state index in [-0.39, 0.29) is 0 Å². The number of hydrogen-bond donors (Lipinski definition) is 1. The van der Waals surface area contributed by atoms with Gasteiger partial charge in [0, 0.05) is 41.0 Å². The summed E-state index contributed by atoms with van der Waals surface area (Å²) in [7, 11) is 0. The van der Waals surface area contributed by atoms with Gasteiger partial charge in [-0.3, -0.25) is 4.98 Å². The molecular formula is C26H18Cl2F3N5S. The van der Waals surface area contributed by atoms with E-state index in [4.69, 9.17) is 33.2 Å². The van der Waals surface area contributed by atoms with Crippen LogP contribution in [0.4, 0.5) is 24.7 Å². The predicted octanol–water partition coefficient (Wildman–Crippen LogP) is 7.93.